The Balaban J connectivity index is 1.43. The molecule has 32 heavy (non-hydrogen) atoms. The first-order chi connectivity index (χ1) is 15.3. The van der Waals surface area contributed by atoms with Crippen LogP contribution in [0.2, 0.25) is 0 Å². The Bertz CT molecular complexity index is 1350. The molecule has 0 aliphatic rings. The van der Waals surface area contributed by atoms with E-state index < -0.39 is 0 Å². The molecule has 0 aliphatic heterocycles. The van der Waals surface area contributed by atoms with Gasteiger partial charge in [-0.2, -0.15) is 0 Å². The van der Waals surface area contributed by atoms with Gasteiger partial charge in [-0.25, -0.2) is 9.97 Å². The van der Waals surface area contributed by atoms with E-state index in [0.717, 1.165) is 38.7 Å². The number of H-pyrrole nitrogens is 1. The van der Waals surface area contributed by atoms with Crippen molar-refractivity contribution in [1.82, 2.24) is 24.8 Å². The zero-order valence-electron chi connectivity index (χ0n) is 18.9. The number of rotatable bonds is 7. The number of fused-ring (bicyclic) bond motifs is 2. The summed E-state index contributed by atoms with van der Waals surface area (Å²) in [5.74, 6) is 1.83. The van der Waals surface area contributed by atoms with Crippen LogP contribution < -0.4 is 10.9 Å². The molecule has 0 saturated carbocycles. The van der Waals surface area contributed by atoms with Gasteiger partial charge in [-0.15, -0.1) is 23.1 Å². The standard InChI is InChI=1S/C23H27N5O2S2/c1-6-28-17-10-8-7-9-16(17)25-20(28)13(3)24-21(29)15(5)31-11-18-26-22(30)19-12(2)14(4)32-23(19)27-18/h7-10,13,15H,6,11H2,1-5H3,(H,24,29)(H,26,27,30). The number of aryl methyl sites for hydroxylation is 3. The highest BCUT2D eigenvalue weighted by Crippen LogP contribution is 2.27. The zero-order valence-corrected chi connectivity index (χ0v) is 20.5. The predicted molar refractivity (Wildman–Crippen MR) is 132 cm³/mol. The third kappa shape index (κ3) is 4.19. The van der Waals surface area contributed by atoms with Gasteiger partial charge in [-0.05, 0) is 52.3 Å². The minimum Gasteiger partial charge on any atom is -0.345 e. The van der Waals surface area contributed by atoms with Gasteiger partial charge in [0, 0.05) is 11.4 Å². The molecular formula is C23H27N5O2S2. The van der Waals surface area contributed by atoms with Crippen LogP contribution in [-0.4, -0.2) is 30.7 Å². The third-order valence-electron chi connectivity index (χ3n) is 5.67. The molecule has 0 bridgehead atoms. The van der Waals surface area contributed by atoms with Gasteiger partial charge in [0.2, 0.25) is 5.91 Å². The summed E-state index contributed by atoms with van der Waals surface area (Å²) in [6, 6.07) is 7.78. The number of carbonyl (C=O) groups is 1. The van der Waals surface area contributed by atoms with Gasteiger partial charge < -0.3 is 14.9 Å². The van der Waals surface area contributed by atoms with E-state index in [9.17, 15) is 9.59 Å². The lowest BCUT2D eigenvalue weighted by molar-refractivity contribution is -0.121. The summed E-state index contributed by atoms with van der Waals surface area (Å²) in [5.41, 5.74) is 2.87. The lowest BCUT2D eigenvalue weighted by Gasteiger charge is -2.18. The molecule has 3 heterocycles. The Morgan fingerprint density at radius 1 is 1.25 bits per heavy atom. The van der Waals surface area contributed by atoms with Crippen LogP contribution in [-0.2, 0) is 17.1 Å². The number of para-hydroxylation sites is 2. The van der Waals surface area contributed by atoms with Crippen molar-refractivity contribution < 1.29 is 4.79 Å². The summed E-state index contributed by atoms with van der Waals surface area (Å²) in [5, 5.41) is 3.45. The minimum atomic E-state index is -0.301. The van der Waals surface area contributed by atoms with Crippen molar-refractivity contribution in [3.8, 4) is 0 Å². The molecular weight excluding hydrogens is 442 g/mol. The molecule has 2 N–H and O–H groups in total. The number of amides is 1. The van der Waals surface area contributed by atoms with E-state index in [1.807, 2.05) is 52.0 Å². The number of hydrogen-bond acceptors (Lipinski definition) is 6. The van der Waals surface area contributed by atoms with Crippen LogP contribution in [0.25, 0.3) is 21.3 Å². The predicted octanol–water partition coefficient (Wildman–Crippen LogP) is 4.47. The number of benzene rings is 1. The molecule has 9 heteroatoms. The van der Waals surface area contributed by atoms with E-state index in [1.54, 1.807) is 0 Å². The van der Waals surface area contributed by atoms with Crippen molar-refractivity contribution in [2.45, 2.75) is 58.2 Å². The highest BCUT2D eigenvalue weighted by atomic mass is 32.2. The molecule has 0 radical (unpaired) electrons. The topological polar surface area (TPSA) is 92.7 Å². The molecule has 4 aromatic rings. The van der Waals surface area contributed by atoms with Crippen LogP contribution in [0.5, 0.6) is 0 Å². The lowest BCUT2D eigenvalue weighted by atomic mass is 10.2. The highest BCUT2D eigenvalue weighted by Gasteiger charge is 2.21. The molecule has 2 unspecified atom stereocenters. The molecule has 0 aliphatic carbocycles. The van der Waals surface area contributed by atoms with Crippen LogP contribution in [0.3, 0.4) is 0 Å². The van der Waals surface area contributed by atoms with E-state index in [-0.39, 0.29) is 22.8 Å². The summed E-state index contributed by atoms with van der Waals surface area (Å²) in [6.07, 6.45) is 0. The van der Waals surface area contributed by atoms with Gasteiger partial charge in [0.25, 0.3) is 5.56 Å². The number of thiophene rings is 1. The number of aromatic nitrogens is 4. The summed E-state index contributed by atoms with van der Waals surface area (Å²) in [6.45, 7) is 10.6. The molecule has 1 aromatic carbocycles. The largest absolute Gasteiger partial charge is 0.345 e. The molecule has 3 aromatic heterocycles. The molecule has 7 nitrogen and oxygen atoms in total. The van der Waals surface area contributed by atoms with E-state index >= 15 is 0 Å². The smallest absolute Gasteiger partial charge is 0.259 e. The Labute approximate surface area is 194 Å². The van der Waals surface area contributed by atoms with Crippen molar-refractivity contribution in [1.29, 1.82) is 0 Å². The molecule has 0 spiro atoms. The maximum Gasteiger partial charge on any atom is 0.259 e. The van der Waals surface area contributed by atoms with Crippen LogP contribution in [0, 0.1) is 13.8 Å². The van der Waals surface area contributed by atoms with Crippen LogP contribution in [0.15, 0.2) is 29.1 Å². The van der Waals surface area contributed by atoms with Crippen LogP contribution in [0.1, 0.15) is 48.9 Å². The third-order valence-corrected chi connectivity index (χ3v) is 7.93. The number of nitrogens with zero attached hydrogens (tertiary/aromatic N) is 3. The maximum absolute atomic E-state index is 12.8. The second-order valence-electron chi connectivity index (χ2n) is 7.86. The normalized spacial score (nSPS) is 13.5. The molecule has 4 rings (SSSR count). The number of carbonyl (C=O) groups excluding carboxylic acids is 1. The van der Waals surface area contributed by atoms with Gasteiger partial charge >= 0.3 is 0 Å². The van der Waals surface area contributed by atoms with Gasteiger partial charge in [0.1, 0.15) is 16.5 Å². The lowest BCUT2D eigenvalue weighted by Crippen LogP contribution is -2.34. The van der Waals surface area contributed by atoms with E-state index in [2.05, 4.69) is 26.8 Å². The van der Waals surface area contributed by atoms with Gasteiger partial charge in [0.05, 0.1) is 33.5 Å². The Kier molecular flexibility index (Phi) is 6.39. The summed E-state index contributed by atoms with van der Waals surface area (Å²) >= 11 is 2.98. The van der Waals surface area contributed by atoms with E-state index in [0.29, 0.717) is 17.0 Å². The average Bonchev–Trinajstić information content (AvgIpc) is 3.29. The van der Waals surface area contributed by atoms with Crippen LogP contribution in [0.4, 0.5) is 0 Å². The summed E-state index contributed by atoms with van der Waals surface area (Å²) in [7, 11) is 0. The average molecular weight is 470 g/mol. The van der Waals surface area contributed by atoms with Gasteiger partial charge in [-0.3, -0.25) is 9.59 Å². The first kappa shape index (κ1) is 22.5. The van der Waals surface area contributed by atoms with Crippen molar-refractivity contribution in [3.05, 3.63) is 56.7 Å². The van der Waals surface area contributed by atoms with E-state index in [4.69, 9.17) is 4.98 Å². The monoisotopic (exact) mass is 469 g/mol. The Hall–Kier alpha value is -2.65. The Morgan fingerprint density at radius 3 is 2.75 bits per heavy atom. The molecule has 168 valence electrons. The van der Waals surface area contributed by atoms with Crippen molar-refractivity contribution >= 4 is 50.3 Å². The number of hydrogen-bond donors (Lipinski definition) is 2. The molecule has 2 atom stereocenters. The maximum atomic E-state index is 12.8. The number of aromatic amines is 1. The quantitative estimate of drug-likeness (QED) is 0.417. The second kappa shape index (κ2) is 9.07. The summed E-state index contributed by atoms with van der Waals surface area (Å²) in [4.78, 5) is 39.3. The minimum absolute atomic E-state index is 0.0663. The SMILES string of the molecule is CCn1c(C(C)NC(=O)C(C)SCc2nc3sc(C)c(C)c3c(=O)[nH]2)nc2ccccc21. The van der Waals surface area contributed by atoms with Gasteiger partial charge in [0.15, 0.2) is 0 Å². The molecule has 0 fully saturated rings. The fourth-order valence-electron chi connectivity index (χ4n) is 3.80. The number of thioether (sulfide) groups is 1. The fourth-order valence-corrected chi connectivity index (χ4v) is 5.61. The van der Waals surface area contributed by atoms with Crippen molar-refractivity contribution in [3.63, 3.8) is 0 Å². The van der Waals surface area contributed by atoms with Gasteiger partial charge in [-0.1, -0.05) is 12.1 Å². The Morgan fingerprint density at radius 2 is 2.00 bits per heavy atom. The summed E-state index contributed by atoms with van der Waals surface area (Å²) < 4.78 is 2.13. The van der Waals surface area contributed by atoms with Crippen molar-refractivity contribution in [2.24, 2.45) is 0 Å². The van der Waals surface area contributed by atoms with Crippen LogP contribution >= 0.6 is 23.1 Å². The van der Waals surface area contributed by atoms with E-state index in [1.165, 1.54) is 23.1 Å². The number of nitrogens with one attached hydrogen (secondary N) is 2. The highest BCUT2D eigenvalue weighted by molar-refractivity contribution is 7.99. The second-order valence-corrected chi connectivity index (χ2v) is 10.4. The van der Waals surface area contributed by atoms with Crippen molar-refractivity contribution in [2.75, 3.05) is 0 Å². The zero-order chi connectivity index (χ0) is 23.0. The molecule has 0 saturated heterocycles. The molecule has 1 amide bonds. The first-order valence-electron chi connectivity index (χ1n) is 10.7. The first-order valence-corrected chi connectivity index (χ1v) is 12.5. The fraction of sp³-hybridized carbons (Fsp3) is 0.391. The number of imidazole rings is 1.